The first-order valence-corrected chi connectivity index (χ1v) is 23.9. The fourth-order valence-corrected chi connectivity index (χ4v) is 8.41. The average molecular weight is 749 g/mol. The zero-order valence-electron chi connectivity index (χ0n) is 37.0. The molecule has 0 unspecified atom stereocenters. The van der Waals surface area contributed by atoms with Crippen molar-refractivity contribution < 1.29 is 4.70 Å². The number of nitrogens with zero attached hydrogens (tertiary/aromatic N) is 2. The molecule has 0 saturated carbocycles. The molecule has 1 aliphatic heterocycles. The lowest BCUT2D eigenvalue weighted by molar-refractivity contribution is -0.345. The number of aryl methyl sites for hydroxylation is 4. The van der Waals surface area contributed by atoms with Crippen molar-refractivity contribution in [2.45, 2.75) is 228 Å². The minimum atomic E-state index is 0.980. The third kappa shape index (κ3) is 16.7. The Bertz CT molecular complexity index is 1410. The summed E-state index contributed by atoms with van der Waals surface area (Å²) in [4.78, 5) is 0. The summed E-state index contributed by atoms with van der Waals surface area (Å²) >= 11 is 0. The highest BCUT2D eigenvalue weighted by Gasteiger charge is 2.35. The molecule has 2 aromatic rings. The SMILES string of the molecule is CCCCCCCC=CC1=C(c2cc(CCCCCCCC)cc(CCCCCCCC)c2)[N+](=[N-])C(c2cc(CCCC)cc(CCCC)c2)=C1CCCC. The van der Waals surface area contributed by atoms with Gasteiger partial charge in [-0.2, -0.15) is 0 Å². The van der Waals surface area contributed by atoms with E-state index in [4.69, 9.17) is 0 Å². The molecule has 0 spiro atoms. The molecule has 0 saturated heterocycles. The number of allylic oxidation sites excluding steroid dienone is 4. The second-order valence-corrected chi connectivity index (χ2v) is 16.9. The van der Waals surface area contributed by atoms with E-state index in [1.54, 1.807) is 4.70 Å². The molecule has 0 N–H and O–H groups in total. The van der Waals surface area contributed by atoms with Crippen LogP contribution in [0.5, 0.6) is 0 Å². The van der Waals surface area contributed by atoms with Crippen LogP contribution in [0.4, 0.5) is 0 Å². The summed E-state index contributed by atoms with van der Waals surface area (Å²) in [6.07, 6.45) is 40.6. The summed E-state index contributed by atoms with van der Waals surface area (Å²) in [7, 11) is 0. The molecule has 2 heteroatoms. The van der Waals surface area contributed by atoms with Crippen LogP contribution in [-0.2, 0) is 25.7 Å². The highest BCUT2D eigenvalue weighted by molar-refractivity contribution is 5.84. The summed E-state index contributed by atoms with van der Waals surface area (Å²) in [6.45, 7) is 13.8. The molecule has 2 aromatic carbocycles. The van der Waals surface area contributed by atoms with Crippen LogP contribution in [0.1, 0.15) is 235 Å². The van der Waals surface area contributed by atoms with E-state index in [1.165, 1.54) is 179 Å². The maximum atomic E-state index is 12.7. The summed E-state index contributed by atoms with van der Waals surface area (Å²) < 4.78 is 1.65. The standard InChI is InChI=1S/C53H84N2/c1-7-13-19-22-25-28-31-37-51-50(36-18-12-6)52(48-40-44(32-16-10-4)38-45(41-48)33-17-11-5)55(54)53(51)49-42-46(34-29-26-23-20-14-8-2)39-47(43-49)35-30-27-24-21-15-9-3/h31,37-43H,7-30,32-36H2,1-6H3. The molecule has 0 radical (unpaired) electrons. The monoisotopic (exact) mass is 749 g/mol. The van der Waals surface area contributed by atoms with Gasteiger partial charge in [0, 0.05) is 16.7 Å². The number of hydrogen-bond acceptors (Lipinski definition) is 0. The highest BCUT2D eigenvalue weighted by atomic mass is 15.2. The fraction of sp³-hybridized carbons (Fsp3) is 0.660. The Balaban J connectivity index is 2.14. The van der Waals surface area contributed by atoms with Crippen molar-refractivity contribution in [3.05, 3.63) is 98.6 Å². The van der Waals surface area contributed by atoms with Crippen LogP contribution >= 0.6 is 0 Å². The van der Waals surface area contributed by atoms with Gasteiger partial charge in [-0.1, -0.05) is 175 Å². The van der Waals surface area contributed by atoms with E-state index in [-0.39, 0.29) is 0 Å². The second-order valence-electron chi connectivity index (χ2n) is 16.9. The first-order valence-electron chi connectivity index (χ1n) is 23.9. The van der Waals surface area contributed by atoms with E-state index in [9.17, 15) is 5.53 Å². The molecule has 0 aliphatic carbocycles. The van der Waals surface area contributed by atoms with Gasteiger partial charge in [-0.15, -0.1) is 0 Å². The van der Waals surface area contributed by atoms with Crippen molar-refractivity contribution in [2.24, 2.45) is 0 Å². The Labute approximate surface area is 341 Å². The Morgan fingerprint density at radius 2 is 0.764 bits per heavy atom. The summed E-state index contributed by atoms with van der Waals surface area (Å²) in [5.74, 6) is 0. The highest BCUT2D eigenvalue weighted by Crippen LogP contribution is 2.44. The average Bonchev–Trinajstić information content (AvgIpc) is 3.47. The van der Waals surface area contributed by atoms with Crippen LogP contribution in [-0.4, -0.2) is 4.70 Å². The van der Waals surface area contributed by atoms with Crippen molar-refractivity contribution in [1.29, 1.82) is 0 Å². The van der Waals surface area contributed by atoms with Crippen LogP contribution in [0.15, 0.2) is 59.7 Å². The first kappa shape index (κ1) is 46.6. The summed E-state index contributed by atoms with van der Waals surface area (Å²) in [5, 5.41) is 0. The lowest BCUT2D eigenvalue weighted by atomic mass is 9.91. The molecule has 2 nitrogen and oxygen atoms in total. The van der Waals surface area contributed by atoms with Gasteiger partial charge in [-0.05, 0) is 124 Å². The van der Waals surface area contributed by atoms with Crippen LogP contribution in [0.25, 0.3) is 16.9 Å². The van der Waals surface area contributed by atoms with E-state index in [0.717, 1.165) is 62.8 Å². The minimum absolute atomic E-state index is 0.980. The van der Waals surface area contributed by atoms with Crippen LogP contribution in [0, 0.1) is 0 Å². The number of unbranched alkanes of at least 4 members (excludes halogenated alkanes) is 18. The van der Waals surface area contributed by atoms with E-state index in [2.05, 4.69) is 90.1 Å². The van der Waals surface area contributed by atoms with Crippen molar-refractivity contribution in [2.75, 3.05) is 0 Å². The third-order valence-corrected chi connectivity index (χ3v) is 11.8. The quantitative estimate of drug-likeness (QED) is 0.0526. The summed E-state index contributed by atoms with van der Waals surface area (Å²) in [6, 6.07) is 14.7. The van der Waals surface area contributed by atoms with Gasteiger partial charge in [0.05, 0.1) is 5.57 Å². The van der Waals surface area contributed by atoms with Gasteiger partial charge in [-0.25, -0.2) is 4.70 Å². The normalized spacial score (nSPS) is 13.4. The molecule has 0 fully saturated rings. The molecular formula is C53H84N2. The Kier molecular flexibility index (Phi) is 24.3. The second kappa shape index (κ2) is 28.6. The Hall–Kier alpha value is -2.74. The van der Waals surface area contributed by atoms with Gasteiger partial charge in [0.1, 0.15) is 0 Å². The van der Waals surface area contributed by atoms with Gasteiger partial charge < -0.3 is 5.53 Å². The van der Waals surface area contributed by atoms with E-state index in [1.807, 2.05) is 0 Å². The van der Waals surface area contributed by atoms with Gasteiger partial charge in [-0.3, -0.25) is 0 Å². The van der Waals surface area contributed by atoms with Crippen LogP contribution < -0.4 is 0 Å². The van der Waals surface area contributed by atoms with Gasteiger partial charge in [0.25, 0.3) is 0 Å². The van der Waals surface area contributed by atoms with Gasteiger partial charge >= 0.3 is 0 Å². The van der Waals surface area contributed by atoms with Crippen molar-refractivity contribution >= 4 is 11.4 Å². The predicted molar refractivity (Wildman–Crippen MR) is 244 cm³/mol. The smallest absolute Gasteiger partial charge is 0.215 e. The van der Waals surface area contributed by atoms with Gasteiger partial charge in [0.15, 0.2) is 0 Å². The molecule has 306 valence electrons. The number of rotatable bonds is 32. The zero-order valence-corrected chi connectivity index (χ0v) is 37.0. The molecule has 0 atom stereocenters. The molecule has 0 aromatic heterocycles. The molecular weight excluding hydrogens is 665 g/mol. The topological polar surface area (TPSA) is 25.3 Å². The molecule has 1 heterocycles. The van der Waals surface area contributed by atoms with E-state index < -0.39 is 0 Å². The predicted octanol–water partition coefficient (Wildman–Crippen LogP) is 17.5. The summed E-state index contributed by atoms with van der Waals surface area (Å²) in [5.41, 5.74) is 25.4. The largest absolute Gasteiger partial charge is 0.493 e. The van der Waals surface area contributed by atoms with Crippen molar-refractivity contribution in [1.82, 2.24) is 0 Å². The molecule has 1 aliphatic rings. The van der Waals surface area contributed by atoms with Crippen LogP contribution in [0.2, 0.25) is 0 Å². The van der Waals surface area contributed by atoms with E-state index in [0.29, 0.717) is 0 Å². The lowest BCUT2D eigenvalue weighted by Gasteiger charge is -2.15. The first-order chi connectivity index (χ1) is 27.0. The van der Waals surface area contributed by atoms with Gasteiger partial charge in [0.2, 0.25) is 11.4 Å². The third-order valence-electron chi connectivity index (χ3n) is 11.8. The van der Waals surface area contributed by atoms with E-state index >= 15 is 0 Å². The number of benzene rings is 2. The van der Waals surface area contributed by atoms with Crippen molar-refractivity contribution in [3.63, 3.8) is 0 Å². The Morgan fingerprint density at radius 3 is 1.22 bits per heavy atom. The number of hydrogen-bond donors (Lipinski definition) is 0. The molecule has 55 heavy (non-hydrogen) atoms. The Morgan fingerprint density at radius 1 is 0.400 bits per heavy atom. The minimum Gasteiger partial charge on any atom is -0.493 e. The maximum absolute atomic E-state index is 12.7. The van der Waals surface area contributed by atoms with Crippen LogP contribution in [0.3, 0.4) is 0 Å². The maximum Gasteiger partial charge on any atom is 0.215 e. The zero-order chi connectivity index (χ0) is 39.5. The van der Waals surface area contributed by atoms with Crippen molar-refractivity contribution in [3.8, 4) is 0 Å². The molecule has 0 bridgehead atoms. The molecule has 0 amide bonds. The molecule has 3 rings (SSSR count). The lowest BCUT2D eigenvalue weighted by Crippen LogP contribution is -2.05. The fourth-order valence-electron chi connectivity index (χ4n) is 8.41.